The van der Waals surface area contributed by atoms with Gasteiger partial charge in [0.15, 0.2) is 23.3 Å². The lowest BCUT2D eigenvalue weighted by atomic mass is 10.2. The van der Waals surface area contributed by atoms with E-state index in [2.05, 4.69) is 30.6 Å². The number of aromatic nitrogens is 4. The van der Waals surface area contributed by atoms with Crippen molar-refractivity contribution < 1.29 is 36.9 Å². The van der Waals surface area contributed by atoms with E-state index in [9.17, 15) is 17.6 Å². The normalized spacial score (nSPS) is 10.4. The Morgan fingerprint density at radius 3 is 1.53 bits per heavy atom. The number of rotatable bonds is 13. The molecule has 0 spiro atoms. The molecule has 14 heteroatoms. The van der Waals surface area contributed by atoms with E-state index in [0.717, 1.165) is 29.1 Å². The summed E-state index contributed by atoms with van der Waals surface area (Å²) in [6.07, 6.45) is 1.96. The summed E-state index contributed by atoms with van der Waals surface area (Å²) in [4.78, 5) is 15.2. The predicted octanol–water partition coefficient (Wildman–Crippen LogP) is 5.62. The van der Waals surface area contributed by atoms with Crippen LogP contribution in [0.1, 0.15) is 16.7 Å². The van der Waals surface area contributed by atoms with Gasteiger partial charge in [0.2, 0.25) is 0 Å². The van der Waals surface area contributed by atoms with Crippen molar-refractivity contribution >= 4 is 11.6 Å². The van der Waals surface area contributed by atoms with Gasteiger partial charge in [-0.3, -0.25) is 0 Å². The highest BCUT2D eigenvalue weighted by Gasteiger charge is 2.09. The lowest BCUT2D eigenvalue weighted by molar-refractivity contribution is 0.138. The number of hydrogen-bond acceptors (Lipinski definition) is 10. The Morgan fingerprint density at radius 2 is 1.04 bits per heavy atom. The average molecular weight is 625 g/mol. The first-order chi connectivity index (χ1) is 21.9. The summed E-state index contributed by atoms with van der Waals surface area (Å²) in [7, 11) is 0. The van der Waals surface area contributed by atoms with Gasteiger partial charge in [0.05, 0.1) is 19.0 Å². The molecule has 0 amide bonds. The van der Waals surface area contributed by atoms with Crippen LogP contribution in [0.2, 0.25) is 0 Å². The minimum Gasteiger partial charge on any atom is -0.459 e. The fraction of sp³-hybridized carbons (Fsp3) is 0.161. The van der Waals surface area contributed by atoms with Gasteiger partial charge in [0, 0.05) is 0 Å². The summed E-state index contributed by atoms with van der Waals surface area (Å²) < 4.78 is 68.6. The lowest BCUT2D eigenvalue weighted by Gasteiger charge is -2.10. The molecule has 0 aliphatic carbocycles. The zero-order valence-electron chi connectivity index (χ0n) is 23.7. The number of anilines is 2. The van der Waals surface area contributed by atoms with Gasteiger partial charge in [-0.05, 0) is 41.0 Å². The highest BCUT2D eigenvalue weighted by atomic mass is 19.1. The third kappa shape index (κ3) is 11.0. The van der Waals surface area contributed by atoms with Crippen LogP contribution in [0, 0.1) is 23.3 Å². The van der Waals surface area contributed by atoms with E-state index in [4.69, 9.17) is 19.3 Å². The van der Waals surface area contributed by atoms with Crippen molar-refractivity contribution in [2.24, 2.45) is 0 Å². The molecule has 5 aromatic rings. The van der Waals surface area contributed by atoms with E-state index < -0.39 is 18.4 Å². The fourth-order valence-electron chi connectivity index (χ4n) is 3.48. The SMILES string of the molecule is Fc1ccc(COc2ncc(F)c(NCOCc3ccccc3)n2)cc1.OCNc1nc(OCc2ccc(F)cc2)ncc1F. The van der Waals surface area contributed by atoms with Crippen LogP contribution in [0.3, 0.4) is 0 Å². The van der Waals surface area contributed by atoms with Crippen molar-refractivity contribution in [2.45, 2.75) is 19.8 Å². The van der Waals surface area contributed by atoms with E-state index in [1.54, 1.807) is 24.3 Å². The van der Waals surface area contributed by atoms with Crippen LogP contribution in [0.5, 0.6) is 12.0 Å². The minimum absolute atomic E-state index is 0.0119. The van der Waals surface area contributed by atoms with Crippen LogP contribution in [-0.2, 0) is 24.6 Å². The van der Waals surface area contributed by atoms with Crippen LogP contribution in [-0.4, -0.2) is 38.5 Å². The first-order valence-corrected chi connectivity index (χ1v) is 13.4. The summed E-state index contributed by atoms with van der Waals surface area (Å²) in [5.41, 5.74) is 2.49. The molecule has 3 N–H and O–H groups in total. The molecule has 10 nitrogen and oxygen atoms in total. The maximum atomic E-state index is 13.8. The molecule has 234 valence electrons. The molecule has 0 atom stereocenters. The Bertz CT molecular complexity index is 1620. The highest BCUT2D eigenvalue weighted by Crippen LogP contribution is 2.16. The third-order valence-electron chi connectivity index (χ3n) is 5.71. The smallest absolute Gasteiger partial charge is 0.318 e. The molecule has 0 saturated carbocycles. The van der Waals surface area contributed by atoms with Gasteiger partial charge < -0.3 is 30.0 Å². The first kappa shape index (κ1) is 32.6. The summed E-state index contributed by atoms with van der Waals surface area (Å²) in [6.45, 7) is 0.306. The first-order valence-electron chi connectivity index (χ1n) is 13.4. The number of aliphatic hydroxyl groups is 1. The van der Waals surface area contributed by atoms with Crippen LogP contribution in [0.15, 0.2) is 91.3 Å². The van der Waals surface area contributed by atoms with Gasteiger partial charge >= 0.3 is 12.0 Å². The molecule has 2 heterocycles. The van der Waals surface area contributed by atoms with Crippen LogP contribution >= 0.6 is 0 Å². The predicted molar refractivity (Wildman–Crippen MR) is 156 cm³/mol. The quantitative estimate of drug-likeness (QED) is 0.0865. The number of halogens is 4. The molecule has 0 fully saturated rings. The average Bonchev–Trinajstić information content (AvgIpc) is 3.06. The van der Waals surface area contributed by atoms with Crippen molar-refractivity contribution in [2.75, 3.05) is 24.1 Å². The molecule has 0 saturated heterocycles. The van der Waals surface area contributed by atoms with Crippen LogP contribution in [0.25, 0.3) is 0 Å². The Kier molecular flexibility index (Phi) is 12.4. The molecule has 0 unspecified atom stereocenters. The van der Waals surface area contributed by atoms with Crippen molar-refractivity contribution in [3.8, 4) is 12.0 Å². The summed E-state index contributed by atoms with van der Waals surface area (Å²) >= 11 is 0. The number of ether oxygens (including phenoxy) is 3. The van der Waals surface area contributed by atoms with Crippen LogP contribution in [0.4, 0.5) is 29.2 Å². The van der Waals surface area contributed by atoms with E-state index in [-0.39, 0.29) is 55.2 Å². The summed E-state index contributed by atoms with van der Waals surface area (Å²) in [6, 6.07) is 21.2. The minimum atomic E-state index is -0.691. The molecular weight excluding hydrogens is 596 g/mol. The van der Waals surface area contributed by atoms with E-state index >= 15 is 0 Å². The summed E-state index contributed by atoms with van der Waals surface area (Å²) in [5, 5.41) is 13.7. The molecule has 45 heavy (non-hydrogen) atoms. The molecule has 0 bridgehead atoms. The number of hydrogen-bond donors (Lipinski definition) is 3. The summed E-state index contributed by atoms with van der Waals surface area (Å²) in [5.74, 6) is -2.12. The number of nitrogens with zero attached hydrogens (tertiary/aromatic N) is 4. The Hall–Kier alpha value is -5.34. The molecule has 0 radical (unpaired) electrons. The molecule has 0 aliphatic heterocycles. The van der Waals surface area contributed by atoms with Crippen molar-refractivity contribution in [3.05, 3.63) is 131 Å². The standard InChI is InChI=1S/C19H17F2N3O2.C12H11F2N3O2/c20-16-8-6-15(7-9-16)12-26-19-22-10-17(21)18(24-19)23-13-25-11-14-4-2-1-3-5-14;13-9-3-1-8(2-4-9)6-19-12-15-5-10(14)11(17-12)16-7-18/h1-10H,11-13H2,(H,22,23,24);1-5,18H,6-7H2,(H,15,16,17). The Labute approximate surface area is 255 Å². The zero-order chi connectivity index (χ0) is 31.9. The maximum absolute atomic E-state index is 13.8. The largest absolute Gasteiger partial charge is 0.459 e. The van der Waals surface area contributed by atoms with E-state index in [0.29, 0.717) is 6.61 Å². The molecule has 0 aliphatic rings. The highest BCUT2D eigenvalue weighted by molar-refractivity contribution is 5.36. The number of benzene rings is 3. The molecule has 2 aromatic heterocycles. The Balaban J connectivity index is 0.000000215. The maximum Gasteiger partial charge on any atom is 0.318 e. The van der Waals surface area contributed by atoms with Crippen molar-refractivity contribution in [1.82, 2.24) is 19.9 Å². The number of aliphatic hydroxyl groups excluding tert-OH is 1. The van der Waals surface area contributed by atoms with Gasteiger partial charge in [0.1, 0.15) is 38.3 Å². The third-order valence-corrected chi connectivity index (χ3v) is 5.71. The topological polar surface area (TPSA) is 124 Å². The van der Waals surface area contributed by atoms with Gasteiger partial charge in [-0.2, -0.15) is 9.97 Å². The zero-order valence-corrected chi connectivity index (χ0v) is 23.7. The van der Waals surface area contributed by atoms with Crippen molar-refractivity contribution in [1.29, 1.82) is 0 Å². The Morgan fingerprint density at radius 1 is 0.578 bits per heavy atom. The number of nitrogens with one attached hydrogen (secondary N) is 2. The second-order valence-electron chi connectivity index (χ2n) is 9.02. The van der Waals surface area contributed by atoms with Crippen LogP contribution < -0.4 is 20.1 Å². The van der Waals surface area contributed by atoms with Crippen molar-refractivity contribution in [3.63, 3.8) is 0 Å². The lowest BCUT2D eigenvalue weighted by Crippen LogP contribution is -2.10. The second kappa shape index (κ2) is 17.1. The second-order valence-corrected chi connectivity index (χ2v) is 9.02. The monoisotopic (exact) mass is 624 g/mol. The van der Waals surface area contributed by atoms with E-state index in [1.807, 2.05) is 30.3 Å². The fourth-order valence-corrected chi connectivity index (χ4v) is 3.48. The van der Waals surface area contributed by atoms with Gasteiger partial charge in [-0.1, -0.05) is 54.6 Å². The van der Waals surface area contributed by atoms with Gasteiger partial charge in [-0.15, -0.1) is 0 Å². The van der Waals surface area contributed by atoms with Gasteiger partial charge in [-0.25, -0.2) is 27.5 Å². The molecule has 3 aromatic carbocycles. The van der Waals surface area contributed by atoms with E-state index in [1.165, 1.54) is 24.3 Å². The van der Waals surface area contributed by atoms with Gasteiger partial charge in [0.25, 0.3) is 0 Å². The molecule has 5 rings (SSSR count). The molecular formula is C31H28F4N6O4.